The van der Waals surface area contributed by atoms with Crippen LogP contribution in [0, 0.1) is 6.92 Å². The summed E-state index contributed by atoms with van der Waals surface area (Å²) in [7, 11) is 1.41. The summed E-state index contributed by atoms with van der Waals surface area (Å²) >= 11 is 13.1. The summed E-state index contributed by atoms with van der Waals surface area (Å²) in [5.41, 5.74) is 0.617. The molecule has 0 aliphatic rings. The highest BCUT2D eigenvalue weighted by atomic mass is 35.5. The second-order valence-electron chi connectivity index (χ2n) is 5.63. The molecule has 1 aromatic heterocycles. The Balaban J connectivity index is 2.45. The van der Waals surface area contributed by atoms with Crippen molar-refractivity contribution in [3.63, 3.8) is 0 Å². The van der Waals surface area contributed by atoms with E-state index in [2.05, 4.69) is 5.32 Å². The predicted molar refractivity (Wildman–Crippen MR) is 112 cm³/mol. The van der Waals surface area contributed by atoms with E-state index in [9.17, 15) is 14.4 Å². The fourth-order valence-corrected chi connectivity index (χ4v) is 4.23. The highest BCUT2D eigenvalue weighted by Crippen LogP contribution is 2.36. The zero-order valence-corrected chi connectivity index (χ0v) is 18.5. The molecule has 0 spiro atoms. The normalized spacial score (nSPS) is 10.4. The minimum Gasteiger partial charge on any atom is -0.494 e. The van der Waals surface area contributed by atoms with Crippen molar-refractivity contribution in [1.82, 2.24) is 0 Å². The monoisotopic (exact) mass is 459 g/mol. The molecule has 0 saturated carbocycles. The average Bonchev–Trinajstić information content (AvgIpc) is 2.98. The number of halogens is 2. The van der Waals surface area contributed by atoms with Crippen molar-refractivity contribution in [2.45, 2.75) is 20.8 Å². The Morgan fingerprint density at radius 2 is 1.59 bits per heavy atom. The molecule has 1 amide bonds. The lowest BCUT2D eigenvalue weighted by atomic mass is 10.1. The molecule has 0 atom stereocenters. The van der Waals surface area contributed by atoms with Crippen LogP contribution in [0.15, 0.2) is 12.1 Å². The number of anilines is 1. The summed E-state index contributed by atoms with van der Waals surface area (Å²) < 4.78 is 15.2. The van der Waals surface area contributed by atoms with Crippen molar-refractivity contribution < 1.29 is 28.6 Å². The van der Waals surface area contributed by atoms with Crippen LogP contribution in [-0.4, -0.2) is 38.2 Å². The van der Waals surface area contributed by atoms with Crippen molar-refractivity contribution in [3.8, 4) is 5.75 Å². The van der Waals surface area contributed by atoms with Crippen LogP contribution in [0.1, 0.15) is 49.8 Å². The van der Waals surface area contributed by atoms with E-state index >= 15 is 0 Å². The highest BCUT2D eigenvalue weighted by Gasteiger charge is 2.27. The van der Waals surface area contributed by atoms with Crippen molar-refractivity contribution in [1.29, 1.82) is 0 Å². The first-order valence-corrected chi connectivity index (χ1v) is 10.1. The fraction of sp³-hybridized carbons (Fsp3) is 0.316. The molecular weight excluding hydrogens is 441 g/mol. The maximum absolute atomic E-state index is 12.7. The van der Waals surface area contributed by atoms with E-state index in [0.717, 1.165) is 11.3 Å². The Hall–Kier alpha value is -2.29. The molecule has 0 aliphatic carbocycles. The van der Waals surface area contributed by atoms with Crippen LogP contribution in [0.3, 0.4) is 0 Å². The molecular formula is C19H19Cl2NO6S. The first kappa shape index (κ1) is 23.0. The first-order chi connectivity index (χ1) is 13.7. The molecule has 2 aromatic rings. The molecule has 1 N–H and O–H groups in total. The quantitative estimate of drug-likeness (QED) is 0.587. The van der Waals surface area contributed by atoms with Crippen molar-refractivity contribution in [3.05, 3.63) is 43.7 Å². The molecule has 156 valence electrons. The Morgan fingerprint density at radius 3 is 2.10 bits per heavy atom. The van der Waals surface area contributed by atoms with Gasteiger partial charge in [0, 0.05) is 5.56 Å². The second-order valence-corrected chi connectivity index (χ2v) is 7.46. The average molecular weight is 460 g/mol. The van der Waals surface area contributed by atoms with Gasteiger partial charge >= 0.3 is 11.9 Å². The molecule has 2 rings (SSSR count). The topological polar surface area (TPSA) is 90.9 Å². The van der Waals surface area contributed by atoms with E-state index < -0.39 is 17.8 Å². The van der Waals surface area contributed by atoms with E-state index in [1.165, 1.54) is 19.2 Å². The molecule has 1 heterocycles. The van der Waals surface area contributed by atoms with E-state index in [4.69, 9.17) is 37.4 Å². The number of nitrogens with one attached hydrogen (secondary N) is 1. The van der Waals surface area contributed by atoms with Gasteiger partial charge in [0.15, 0.2) is 5.75 Å². The maximum atomic E-state index is 12.7. The van der Waals surface area contributed by atoms with Crippen LogP contribution in [0.5, 0.6) is 5.75 Å². The number of ether oxygens (including phenoxy) is 3. The number of thiophene rings is 1. The molecule has 0 unspecified atom stereocenters. The van der Waals surface area contributed by atoms with Crippen LogP contribution in [0.25, 0.3) is 0 Å². The van der Waals surface area contributed by atoms with Gasteiger partial charge in [-0.1, -0.05) is 23.2 Å². The van der Waals surface area contributed by atoms with Gasteiger partial charge in [0.1, 0.15) is 9.88 Å². The van der Waals surface area contributed by atoms with Crippen LogP contribution in [0.4, 0.5) is 5.00 Å². The van der Waals surface area contributed by atoms with Crippen molar-refractivity contribution >= 4 is 57.4 Å². The number of carbonyl (C=O) groups is 3. The second kappa shape index (κ2) is 9.96. The van der Waals surface area contributed by atoms with Gasteiger partial charge in [-0.2, -0.15) is 0 Å². The number of hydrogen-bond acceptors (Lipinski definition) is 7. The third-order valence-corrected chi connectivity index (χ3v) is 5.53. The van der Waals surface area contributed by atoms with Crippen molar-refractivity contribution in [2.75, 3.05) is 25.6 Å². The fourth-order valence-electron chi connectivity index (χ4n) is 2.50. The number of methoxy groups -OCH3 is 1. The van der Waals surface area contributed by atoms with E-state index in [1.54, 1.807) is 20.8 Å². The molecule has 1 aromatic carbocycles. The SMILES string of the molecule is CCOC(=O)c1sc(NC(=O)c2cc(Cl)c(OC)c(Cl)c2)c(C(=O)OCC)c1C. The number of amides is 1. The smallest absolute Gasteiger partial charge is 0.348 e. The number of esters is 2. The summed E-state index contributed by atoms with van der Waals surface area (Å²) in [6.07, 6.45) is 0. The molecule has 0 aliphatic heterocycles. The third kappa shape index (κ3) is 5.01. The van der Waals surface area contributed by atoms with Crippen LogP contribution in [-0.2, 0) is 9.47 Å². The van der Waals surface area contributed by atoms with Gasteiger partial charge in [0.2, 0.25) is 0 Å². The van der Waals surface area contributed by atoms with E-state index in [0.29, 0.717) is 5.56 Å². The van der Waals surface area contributed by atoms with Gasteiger partial charge < -0.3 is 19.5 Å². The predicted octanol–water partition coefficient (Wildman–Crippen LogP) is 4.98. The molecule has 0 fully saturated rings. The van der Waals surface area contributed by atoms with Gasteiger partial charge in [-0.3, -0.25) is 4.79 Å². The van der Waals surface area contributed by atoms with Crippen LogP contribution < -0.4 is 10.1 Å². The van der Waals surface area contributed by atoms with Gasteiger partial charge in [-0.25, -0.2) is 9.59 Å². The number of hydrogen-bond donors (Lipinski definition) is 1. The standard InChI is InChI=1S/C19H19Cl2NO6S/c1-5-27-18(24)13-9(3)15(19(25)28-6-2)29-17(13)22-16(23)10-7-11(20)14(26-4)12(21)8-10/h7-8H,5-6H2,1-4H3,(H,22,23). The largest absolute Gasteiger partial charge is 0.494 e. The van der Waals surface area contributed by atoms with Crippen LogP contribution in [0.2, 0.25) is 10.0 Å². The summed E-state index contributed by atoms with van der Waals surface area (Å²) in [6.45, 7) is 5.24. The van der Waals surface area contributed by atoms with E-state index in [-0.39, 0.29) is 50.0 Å². The lowest BCUT2D eigenvalue weighted by molar-refractivity contribution is 0.0527. The lowest BCUT2D eigenvalue weighted by Gasteiger charge is -2.10. The van der Waals surface area contributed by atoms with E-state index in [1.807, 2.05) is 0 Å². The van der Waals surface area contributed by atoms with Crippen molar-refractivity contribution in [2.24, 2.45) is 0 Å². The Kier molecular flexibility index (Phi) is 7.89. The minimum absolute atomic E-state index is 0.0963. The van der Waals surface area contributed by atoms with Gasteiger partial charge in [-0.05, 0) is 38.5 Å². The zero-order valence-electron chi connectivity index (χ0n) is 16.2. The molecule has 0 radical (unpaired) electrons. The minimum atomic E-state index is -0.655. The molecule has 0 bridgehead atoms. The zero-order chi connectivity index (χ0) is 21.7. The summed E-state index contributed by atoms with van der Waals surface area (Å²) in [6, 6.07) is 2.77. The van der Waals surface area contributed by atoms with Crippen LogP contribution >= 0.6 is 34.5 Å². The lowest BCUT2D eigenvalue weighted by Crippen LogP contribution is -2.15. The number of rotatable bonds is 7. The molecule has 7 nitrogen and oxygen atoms in total. The maximum Gasteiger partial charge on any atom is 0.348 e. The Bertz CT molecular complexity index is 933. The summed E-state index contributed by atoms with van der Waals surface area (Å²) in [5.74, 6) is -1.57. The number of carbonyl (C=O) groups excluding carboxylic acids is 3. The summed E-state index contributed by atoms with van der Waals surface area (Å²) in [4.78, 5) is 37.6. The Morgan fingerprint density at radius 1 is 1.03 bits per heavy atom. The molecule has 10 heteroatoms. The Labute approximate surface area is 181 Å². The first-order valence-electron chi connectivity index (χ1n) is 8.57. The number of benzene rings is 1. The molecule has 0 saturated heterocycles. The van der Waals surface area contributed by atoms with Gasteiger partial charge in [0.25, 0.3) is 5.91 Å². The van der Waals surface area contributed by atoms with Gasteiger partial charge in [0.05, 0.1) is 35.9 Å². The van der Waals surface area contributed by atoms with Gasteiger partial charge in [-0.15, -0.1) is 11.3 Å². The molecule has 29 heavy (non-hydrogen) atoms. The third-order valence-electron chi connectivity index (χ3n) is 3.78. The summed E-state index contributed by atoms with van der Waals surface area (Å²) in [5, 5.41) is 3.11. The highest BCUT2D eigenvalue weighted by molar-refractivity contribution is 7.18.